The van der Waals surface area contributed by atoms with Crippen molar-refractivity contribution in [2.75, 3.05) is 33.9 Å². The fraction of sp³-hybridized carbons (Fsp3) is 0.833. The molecular weight excluding hydrogens is 252 g/mol. The zero-order chi connectivity index (χ0) is 14.3. The van der Waals surface area contributed by atoms with E-state index in [1.165, 1.54) is 7.11 Å². The van der Waals surface area contributed by atoms with Crippen LogP contribution >= 0.6 is 0 Å². The van der Waals surface area contributed by atoms with Crippen LogP contribution in [0, 0.1) is 5.41 Å². The zero-order valence-corrected chi connectivity index (χ0v) is 11.4. The minimum Gasteiger partial charge on any atom is -0.481 e. The molecule has 0 spiro atoms. The summed E-state index contributed by atoms with van der Waals surface area (Å²) in [5.41, 5.74) is -0.773. The Bertz CT molecular complexity index is 317. The first-order valence-electron chi connectivity index (χ1n) is 6.31. The number of methoxy groups -OCH3 is 2. The number of urea groups is 1. The van der Waals surface area contributed by atoms with Crippen molar-refractivity contribution in [3.63, 3.8) is 0 Å². The van der Waals surface area contributed by atoms with Crippen molar-refractivity contribution in [2.24, 2.45) is 5.41 Å². The molecule has 1 unspecified atom stereocenters. The van der Waals surface area contributed by atoms with Crippen LogP contribution in [0.3, 0.4) is 0 Å². The van der Waals surface area contributed by atoms with E-state index in [9.17, 15) is 9.59 Å². The van der Waals surface area contributed by atoms with Crippen LogP contribution in [0.1, 0.15) is 19.3 Å². The van der Waals surface area contributed by atoms with E-state index in [1.54, 1.807) is 7.11 Å². The summed E-state index contributed by atoms with van der Waals surface area (Å²) >= 11 is 0. The fourth-order valence-corrected chi connectivity index (χ4v) is 1.98. The summed E-state index contributed by atoms with van der Waals surface area (Å²) < 4.78 is 10.0. The van der Waals surface area contributed by atoms with Crippen LogP contribution < -0.4 is 10.6 Å². The number of carboxylic acids is 1. The number of carbonyl (C=O) groups is 2. The maximum atomic E-state index is 11.6. The molecule has 1 atom stereocenters. The van der Waals surface area contributed by atoms with Gasteiger partial charge in [0.15, 0.2) is 0 Å². The highest BCUT2D eigenvalue weighted by Gasteiger charge is 2.44. The van der Waals surface area contributed by atoms with Gasteiger partial charge in [-0.3, -0.25) is 4.79 Å². The number of ether oxygens (including phenoxy) is 2. The smallest absolute Gasteiger partial charge is 0.314 e. The van der Waals surface area contributed by atoms with Crippen molar-refractivity contribution in [1.29, 1.82) is 0 Å². The summed E-state index contributed by atoms with van der Waals surface area (Å²) in [5, 5.41) is 14.3. The summed E-state index contributed by atoms with van der Waals surface area (Å²) in [4.78, 5) is 22.7. The summed E-state index contributed by atoms with van der Waals surface area (Å²) in [5.74, 6) is -0.840. The lowest BCUT2D eigenvalue weighted by atomic mass is 9.69. The van der Waals surface area contributed by atoms with Crippen LogP contribution in [0.4, 0.5) is 4.79 Å². The molecule has 110 valence electrons. The van der Waals surface area contributed by atoms with Crippen LogP contribution in [0.5, 0.6) is 0 Å². The lowest BCUT2D eigenvalue weighted by Gasteiger charge is -2.37. The van der Waals surface area contributed by atoms with Gasteiger partial charge in [-0.1, -0.05) is 6.42 Å². The molecule has 19 heavy (non-hydrogen) atoms. The van der Waals surface area contributed by atoms with E-state index in [0.29, 0.717) is 26.0 Å². The second-order valence-corrected chi connectivity index (χ2v) is 4.82. The van der Waals surface area contributed by atoms with Gasteiger partial charge in [-0.05, 0) is 12.8 Å². The van der Waals surface area contributed by atoms with Gasteiger partial charge in [-0.25, -0.2) is 4.79 Å². The SMILES string of the molecule is COCC(CNC(=O)NCC1(C(=O)O)CCC1)OC. The van der Waals surface area contributed by atoms with Gasteiger partial charge in [-0.15, -0.1) is 0 Å². The molecule has 0 aromatic heterocycles. The first-order valence-corrected chi connectivity index (χ1v) is 6.31. The number of carboxylic acid groups (broad SMARTS) is 1. The third-order valence-corrected chi connectivity index (χ3v) is 3.53. The molecule has 2 amide bonds. The van der Waals surface area contributed by atoms with Crippen molar-refractivity contribution in [2.45, 2.75) is 25.4 Å². The van der Waals surface area contributed by atoms with Gasteiger partial charge in [0.05, 0.1) is 18.1 Å². The Hall–Kier alpha value is -1.34. The second-order valence-electron chi connectivity index (χ2n) is 4.82. The van der Waals surface area contributed by atoms with Gasteiger partial charge in [-0.2, -0.15) is 0 Å². The zero-order valence-electron chi connectivity index (χ0n) is 11.4. The predicted octanol–water partition coefficient (Wildman–Crippen LogP) is 0.202. The second kappa shape index (κ2) is 7.30. The Morgan fingerprint density at radius 3 is 2.42 bits per heavy atom. The average Bonchev–Trinajstić information content (AvgIpc) is 2.32. The van der Waals surface area contributed by atoms with Crippen molar-refractivity contribution >= 4 is 12.0 Å². The molecule has 0 aliphatic heterocycles. The summed E-state index contributed by atoms with van der Waals surface area (Å²) in [6.45, 7) is 0.863. The fourth-order valence-electron chi connectivity index (χ4n) is 1.98. The molecule has 1 saturated carbocycles. The van der Waals surface area contributed by atoms with Crippen molar-refractivity contribution in [3.05, 3.63) is 0 Å². The van der Waals surface area contributed by atoms with Crippen LogP contribution in [0.2, 0.25) is 0 Å². The summed E-state index contributed by atoms with van der Waals surface area (Å²) in [7, 11) is 3.09. The van der Waals surface area contributed by atoms with Crippen LogP contribution in [-0.4, -0.2) is 57.1 Å². The average molecular weight is 274 g/mol. The number of nitrogens with one attached hydrogen (secondary N) is 2. The Morgan fingerprint density at radius 1 is 1.32 bits per heavy atom. The van der Waals surface area contributed by atoms with Crippen molar-refractivity contribution in [3.8, 4) is 0 Å². The number of carbonyl (C=O) groups excluding carboxylic acids is 1. The van der Waals surface area contributed by atoms with Crippen molar-refractivity contribution < 1.29 is 24.2 Å². The van der Waals surface area contributed by atoms with E-state index in [0.717, 1.165) is 6.42 Å². The molecule has 3 N–H and O–H groups in total. The lowest BCUT2D eigenvalue weighted by Crippen LogP contribution is -2.50. The number of rotatable bonds is 8. The molecule has 1 rings (SSSR count). The van der Waals surface area contributed by atoms with Crippen LogP contribution in [-0.2, 0) is 14.3 Å². The van der Waals surface area contributed by atoms with Crippen molar-refractivity contribution in [1.82, 2.24) is 10.6 Å². The Labute approximate surface area is 112 Å². The van der Waals surface area contributed by atoms with Crippen LogP contribution in [0.15, 0.2) is 0 Å². The molecule has 0 aromatic carbocycles. The number of hydrogen-bond acceptors (Lipinski definition) is 4. The van der Waals surface area contributed by atoms with Gasteiger partial charge in [0, 0.05) is 27.3 Å². The highest BCUT2D eigenvalue weighted by atomic mass is 16.5. The van der Waals surface area contributed by atoms with Gasteiger partial charge in [0.2, 0.25) is 0 Å². The highest BCUT2D eigenvalue weighted by molar-refractivity contribution is 5.78. The molecule has 0 heterocycles. The normalized spacial score (nSPS) is 18.2. The van der Waals surface area contributed by atoms with Crippen LogP contribution in [0.25, 0.3) is 0 Å². The van der Waals surface area contributed by atoms with Gasteiger partial charge < -0.3 is 25.2 Å². The molecule has 0 saturated heterocycles. The Kier molecular flexibility index (Phi) is 6.04. The summed E-state index contributed by atoms with van der Waals surface area (Å²) in [6, 6.07) is -0.384. The lowest BCUT2D eigenvalue weighted by molar-refractivity contribution is -0.153. The first-order chi connectivity index (χ1) is 9.04. The topological polar surface area (TPSA) is 96.9 Å². The van der Waals surface area contributed by atoms with Gasteiger partial charge in [0.25, 0.3) is 0 Å². The van der Waals surface area contributed by atoms with E-state index >= 15 is 0 Å². The molecule has 0 bridgehead atoms. The molecule has 1 fully saturated rings. The predicted molar refractivity (Wildman–Crippen MR) is 68.0 cm³/mol. The van der Waals surface area contributed by atoms with E-state index in [1.807, 2.05) is 0 Å². The summed E-state index contributed by atoms with van der Waals surface area (Å²) in [6.07, 6.45) is 1.92. The third kappa shape index (κ3) is 4.36. The molecule has 1 aliphatic rings. The number of aliphatic carboxylic acids is 1. The molecule has 1 aliphatic carbocycles. The maximum Gasteiger partial charge on any atom is 0.314 e. The molecule has 0 radical (unpaired) electrons. The molecule has 7 heteroatoms. The van der Waals surface area contributed by atoms with E-state index in [2.05, 4.69) is 10.6 Å². The molecular formula is C12H22N2O5. The number of hydrogen-bond donors (Lipinski definition) is 3. The largest absolute Gasteiger partial charge is 0.481 e. The standard InChI is InChI=1S/C12H22N2O5/c1-18-7-9(19-2)6-13-11(17)14-8-12(10(15)16)4-3-5-12/h9H,3-8H2,1-2H3,(H,15,16)(H2,13,14,17). The molecule has 7 nitrogen and oxygen atoms in total. The Morgan fingerprint density at radius 2 is 2.00 bits per heavy atom. The third-order valence-electron chi connectivity index (χ3n) is 3.53. The Balaban J connectivity index is 2.26. The van der Waals surface area contributed by atoms with E-state index < -0.39 is 11.4 Å². The van der Waals surface area contributed by atoms with Gasteiger partial charge in [0.1, 0.15) is 0 Å². The quantitative estimate of drug-likeness (QED) is 0.587. The monoisotopic (exact) mass is 274 g/mol. The minimum atomic E-state index is -0.840. The highest BCUT2D eigenvalue weighted by Crippen LogP contribution is 2.40. The van der Waals surface area contributed by atoms with E-state index in [-0.39, 0.29) is 18.7 Å². The van der Waals surface area contributed by atoms with Gasteiger partial charge >= 0.3 is 12.0 Å². The minimum absolute atomic E-state index is 0.163. The van der Waals surface area contributed by atoms with E-state index in [4.69, 9.17) is 14.6 Å². The number of amides is 2. The first kappa shape index (κ1) is 15.7. The molecule has 0 aromatic rings. The maximum absolute atomic E-state index is 11.6.